The molecule has 2 aromatic rings. The van der Waals surface area contributed by atoms with Crippen LogP contribution in [0, 0.1) is 0 Å². The second-order valence-electron chi connectivity index (χ2n) is 4.42. The van der Waals surface area contributed by atoms with E-state index in [-0.39, 0.29) is 0 Å². The van der Waals surface area contributed by atoms with E-state index in [1.807, 2.05) is 24.3 Å². The first kappa shape index (κ1) is 14.5. The molecule has 2 N–H and O–H groups in total. The van der Waals surface area contributed by atoms with Gasteiger partial charge in [-0.3, -0.25) is 15.1 Å². The van der Waals surface area contributed by atoms with Crippen LogP contribution in [0.25, 0.3) is 0 Å². The fraction of sp³-hybridized carbons (Fsp3) is 0.200. The molecule has 0 saturated carbocycles. The van der Waals surface area contributed by atoms with Crippen LogP contribution >= 0.6 is 11.6 Å². The summed E-state index contributed by atoms with van der Waals surface area (Å²) in [4.78, 5) is 15.4. The van der Waals surface area contributed by atoms with Crippen molar-refractivity contribution in [3.8, 4) is 0 Å². The summed E-state index contributed by atoms with van der Waals surface area (Å²) < 4.78 is 0. The molecule has 1 atom stereocenters. The highest BCUT2D eigenvalue weighted by molar-refractivity contribution is 6.30. The molecule has 2 rings (SSSR count). The molecule has 0 bridgehead atoms. The summed E-state index contributed by atoms with van der Waals surface area (Å²) >= 11 is 5.81. The van der Waals surface area contributed by atoms with Crippen LogP contribution in [-0.4, -0.2) is 22.1 Å². The van der Waals surface area contributed by atoms with Gasteiger partial charge in [-0.2, -0.15) is 0 Å². The summed E-state index contributed by atoms with van der Waals surface area (Å²) in [6, 6.07) is 12.1. The lowest BCUT2D eigenvalue weighted by Crippen LogP contribution is -2.38. The minimum atomic E-state index is -0.885. The second-order valence-corrected chi connectivity index (χ2v) is 4.86. The Morgan fingerprint density at radius 1 is 1.25 bits per heavy atom. The van der Waals surface area contributed by atoms with E-state index in [0.717, 1.165) is 11.3 Å². The molecule has 1 aromatic heterocycles. The van der Waals surface area contributed by atoms with Gasteiger partial charge >= 0.3 is 5.97 Å². The molecule has 20 heavy (non-hydrogen) atoms. The van der Waals surface area contributed by atoms with E-state index < -0.39 is 12.0 Å². The molecular weight excluding hydrogens is 276 g/mol. The molecule has 5 heteroatoms. The van der Waals surface area contributed by atoms with Crippen LogP contribution in [0.4, 0.5) is 0 Å². The van der Waals surface area contributed by atoms with Gasteiger partial charge < -0.3 is 5.11 Å². The van der Waals surface area contributed by atoms with Crippen LogP contribution in [0.15, 0.2) is 48.7 Å². The fourth-order valence-electron chi connectivity index (χ4n) is 1.82. The third-order valence-corrected chi connectivity index (χ3v) is 3.16. The molecule has 0 aliphatic rings. The van der Waals surface area contributed by atoms with Gasteiger partial charge in [0.2, 0.25) is 0 Å². The quantitative estimate of drug-likeness (QED) is 0.858. The molecule has 1 unspecified atom stereocenters. The van der Waals surface area contributed by atoms with Crippen molar-refractivity contribution < 1.29 is 9.90 Å². The molecule has 0 saturated heterocycles. The number of nitrogens with zero attached hydrogens (tertiary/aromatic N) is 1. The van der Waals surface area contributed by atoms with Gasteiger partial charge in [0.25, 0.3) is 0 Å². The van der Waals surface area contributed by atoms with E-state index in [2.05, 4.69) is 10.3 Å². The largest absolute Gasteiger partial charge is 0.480 e. The smallest absolute Gasteiger partial charge is 0.321 e. The Balaban J connectivity index is 1.96. The number of rotatable bonds is 6. The van der Waals surface area contributed by atoms with Crippen molar-refractivity contribution in [3.63, 3.8) is 0 Å². The standard InChI is InChI=1S/C15H15ClN2O2/c16-12-6-4-11(5-7-12)10-18-14(15(19)20)9-13-3-1-2-8-17-13/h1-8,14,18H,9-10H2,(H,19,20). The third-order valence-electron chi connectivity index (χ3n) is 2.90. The van der Waals surface area contributed by atoms with Crippen LogP contribution in [0.2, 0.25) is 5.02 Å². The highest BCUT2D eigenvalue weighted by atomic mass is 35.5. The first-order valence-electron chi connectivity index (χ1n) is 6.25. The van der Waals surface area contributed by atoms with Crippen LogP contribution in [0.1, 0.15) is 11.3 Å². The monoisotopic (exact) mass is 290 g/mol. The molecule has 0 amide bonds. The number of halogens is 1. The van der Waals surface area contributed by atoms with Gasteiger partial charge in [-0.15, -0.1) is 0 Å². The van der Waals surface area contributed by atoms with Crippen LogP contribution in [0.5, 0.6) is 0 Å². The molecule has 0 spiro atoms. The molecule has 104 valence electrons. The van der Waals surface area contributed by atoms with Crippen LogP contribution < -0.4 is 5.32 Å². The average molecular weight is 291 g/mol. The summed E-state index contributed by atoms with van der Waals surface area (Å²) in [6.07, 6.45) is 2.01. The number of carboxylic acid groups (broad SMARTS) is 1. The number of carboxylic acids is 1. The maximum atomic E-state index is 11.3. The van der Waals surface area contributed by atoms with E-state index in [1.165, 1.54) is 0 Å². The van der Waals surface area contributed by atoms with Crippen molar-refractivity contribution in [3.05, 3.63) is 64.9 Å². The number of aromatic nitrogens is 1. The van der Waals surface area contributed by atoms with Crippen molar-refractivity contribution >= 4 is 17.6 Å². The van der Waals surface area contributed by atoms with Crippen molar-refractivity contribution in [1.82, 2.24) is 10.3 Å². The third kappa shape index (κ3) is 4.33. The maximum Gasteiger partial charge on any atom is 0.321 e. The Hall–Kier alpha value is -1.91. The minimum Gasteiger partial charge on any atom is -0.480 e. The van der Waals surface area contributed by atoms with E-state index >= 15 is 0 Å². The van der Waals surface area contributed by atoms with Gasteiger partial charge in [-0.1, -0.05) is 29.8 Å². The zero-order chi connectivity index (χ0) is 14.4. The lowest BCUT2D eigenvalue weighted by Gasteiger charge is -2.14. The fourth-order valence-corrected chi connectivity index (χ4v) is 1.94. The number of hydrogen-bond acceptors (Lipinski definition) is 3. The Labute approximate surface area is 122 Å². The van der Waals surface area contributed by atoms with Crippen molar-refractivity contribution in [2.75, 3.05) is 0 Å². The van der Waals surface area contributed by atoms with E-state index in [9.17, 15) is 9.90 Å². The van der Waals surface area contributed by atoms with Gasteiger partial charge in [-0.05, 0) is 29.8 Å². The van der Waals surface area contributed by atoms with Crippen molar-refractivity contribution in [2.45, 2.75) is 19.0 Å². The predicted octanol–water partition coefficient (Wildman–Crippen LogP) is 2.52. The van der Waals surface area contributed by atoms with Gasteiger partial charge in [0.1, 0.15) is 6.04 Å². The average Bonchev–Trinajstić information content (AvgIpc) is 2.46. The Morgan fingerprint density at radius 3 is 2.60 bits per heavy atom. The summed E-state index contributed by atoms with van der Waals surface area (Å²) in [5.41, 5.74) is 1.74. The van der Waals surface area contributed by atoms with Gasteiger partial charge in [0, 0.05) is 29.9 Å². The molecule has 1 aromatic carbocycles. The Kier molecular flexibility index (Phi) is 5.09. The normalized spacial score (nSPS) is 12.1. The molecule has 0 fully saturated rings. The van der Waals surface area contributed by atoms with Crippen molar-refractivity contribution in [1.29, 1.82) is 0 Å². The van der Waals surface area contributed by atoms with E-state index in [1.54, 1.807) is 24.4 Å². The van der Waals surface area contributed by atoms with E-state index in [4.69, 9.17) is 11.6 Å². The number of carbonyl (C=O) groups is 1. The molecule has 0 radical (unpaired) electrons. The molecular formula is C15H15ClN2O2. The minimum absolute atomic E-state index is 0.351. The number of nitrogens with one attached hydrogen (secondary N) is 1. The summed E-state index contributed by atoms with van der Waals surface area (Å²) in [6.45, 7) is 0.473. The first-order valence-corrected chi connectivity index (χ1v) is 6.63. The van der Waals surface area contributed by atoms with Gasteiger partial charge in [0.15, 0.2) is 0 Å². The van der Waals surface area contributed by atoms with Gasteiger partial charge in [-0.25, -0.2) is 0 Å². The summed E-state index contributed by atoms with van der Waals surface area (Å²) in [7, 11) is 0. The highest BCUT2D eigenvalue weighted by Crippen LogP contribution is 2.09. The highest BCUT2D eigenvalue weighted by Gasteiger charge is 2.17. The maximum absolute atomic E-state index is 11.3. The topological polar surface area (TPSA) is 62.2 Å². The van der Waals surface area contributed by atoms with Crippen LogP contribution in [-0.2, 0) is 17.8 Å². The molecule has 4 nitrogen and oxygen atoms in total. The first-order chi connectivity index (χ1) is 9.65. The van der Waals surface area contributed by atoms with Gasteiger partial charge in [0.05, 0.1) is 0 Å². The zero-order valence-electron chi connectivity index (χ0n) is 10.8. The van der Waals surface area contributed by atoms with Crippen LogP contribution in [0.3, 0.4) is 0 Å². The summed E-state index contributed by atoms with van der Waals surface area (Å²) in [5, 5.41) is 12.9. The molecule has 1 heterocycles. The second kappa shape index (κ2) is 7.03. The Morgan fingerprint density at radius 2 is 2.00 bits per heavy atom. The summed E-state index contributed by atoms with van der Waals surface area (Å²) in [5.74, 6) is -0.885. The number of pyridine rings is 1. The molecule has 0 aliphatic carbocycles. The Bertz CT molecular complexity index is 558. The number of benzene rings is 1. The number of aliphatic carboxylic acids is 1. The lowest BCUT2D eigenvalue weighted by molar-refractivity contribution is -0.139. The zero-order valence-corrected chi connectivity index (χ0v) is 11.5. The number of hydrogen-bond donors (Lipinski definition) is 2. The molecule has 0 aliphatic heterocycles. The lowest BCUT2D eigenvalue weighted by atomic mass is 10.1. The SMILES string of the molecule is O=C(O)C(Cc1ccccn1)NCc1ccc(Cl)cc1. The van der Waals surface area contributed by atoms with Crippen molar-refractivity contribution in [2.24, 2.45) is 0 Å². The van der Waals surface area contributed by atoms with E-state index in [0.29, 0.717) is 18.0 Å². The predicted molar refractivity (Wildman–Crippen MR) is 77.7 cm³/mol.